The molecule has 0 unspecified atom stereocenters. The van der Waals surface area contributed by atoms with Gasteiger partial charge >= 0.3 is 0 Å². The fraction of sp³-hybridized carbons (Fsp3) is 0.395. The summed E-state index contributed by atoms with van der Waals surface area (Å²) in [5.74, 6) is 1.45. The summed E-state index contributed by atoms with van der Waals surface area (Å²) in [7, 11) is 3.30. The number of hydrogen-bond acceptors (Lipinski definition) is 8. The molecule has 3 aliphatic rings. The molecule has 2 aromatic heterocycles. The van der Waals surface area contributed by atoms with Crippen LogP contribution in [0.1, 0.15) is 43.2 Å². The topological polar surface area (TPSA) is 109 Å². The van der Waals surface area contributed by atoms with Gasteiger partial charge in [0.2, 0.25) is 11.8 Å². The number of aliphatic hydroxyl groups excluding tert-OH is 1. The zero-order valence-corrected chi connectivity index (χ0v) is 29.3. The van der Waals surface area contributed by atoms with Crippen molar-refractivity contribution in [3.8, 4) is 45.3 Å². The van der Waals surface area contributed by atoms with E-state index in [-0.39, 0.29) is 17.4 Å². The van der Waals surface area contributed by atoms with E-state index in [2.05, 4.69) is 26.6 Å². The molecule has 1 amide bonds. The summed E-state index contributed by atoms with van der Waals surface area (Å²) in [6, 6.07) is 18.1. The first-order valence-corrected chi connectivity index (χ1v) is 17.6. The normalized spacial score (nSPS) is 20.2. The van der Waals surface area contributed by atoms with Crippen LogP contribution in [0.25, 0.3) is 33.6 Å². The Labute approximate surface area is 297 Å². The van der Waals surface area contributed by atoms with Gasteiger partial charge < -0.3 is 25.2 Å². The minimum absolute atomic E-state index is 0.0740. The van der Waals surface area contributed by atoms with Gasteiger partial charge in [-0.3, -0.25) is 14.7 Å². The first kappa shape index (κ1) is 33.8. The number of aromatic nitrogens is 2. The van der Waals surface area contributed by atoms with Crippen LogP contribution in [0.3, 0.4) is 0 Å². The Balaban J connectivity index is 1.10. The fourth-order valence-electron chi connectivity index (χ4n) is 7.51. The number of methoxy groups -OCH3 is 2. The molecule has 7 rings (SSSR count). The number of benzene rings is 2. The van der Waals surface area contributed by atoms with Crippen LogP contribution in [0.4, 0.5) is 0 Å². The highest BCUT2D eigenvalue weighted by Crippen LogP contribution is 2.43. The predicted octanol–water partition coefficient (Wildman–Crippen LogP) is 6.52. The minimum Gasteiger partial charge on any atom is -0.496 e. The van der Waals surface area contributed by atoms with Gasteiger partial charge in [0.1, 0.15) is 5.75 Å². The molecule has 2 saturated heterocycles. The Morgan fingerprint density at radius 2 is 1.71 bits per heavy atom. The van der Waals surface area contributed by atoms with Crippen molar-refractivity contribution in [3.05, 3.63) is 82.0 Å². The summed E-state index contributed by atoms with van der Waals surface area (Å²) in [5, 5.41) is 17.4. The first-order valence-electron chi connectivity index (χ1n) is 16.8. The maximum Gasteiger partial charge on any atom is 0.220 e. The molecular formula is C38H41Cl2N5O4. The van der Waals surface area contributed by atoms with E-state index in [1.54, 1.807) is 20.4 Å². The van der Waals surface area contributed by atoms with E-state index >= 15 is 0 Å². The van der Waals surface area contributed by atoms with Crippen LogP contribution < -0.4 is 20.1 Å². The molecule has 3 N–H and O–H groups in total. The van der Waals surface area contributed by atoms with E-state index in [1.807, 2.05) is 48.5 Å². The van der Waals surface area contributed by atoms with Crippen molar-refractivity contribution in [1.82, 2.24) is 25.5 Å². The lowest BCUT2D eigenvalue weighted by atomic mass is 9.79. The van der Waals surface area contributed by atoms with Gasteiger partial charge in [0, 0.05) is 90.2 Å². The number of hydrogen-bond donors (Lipinski definition) is 3. The average Bonchev–Trinajstić information content (AvgIpc) is 3.50. The molecule has 4 heterocycles. The van der Waals surface area contributed by atoms with E-state index in [0.717, 1.165) is 91.0 Å². The molecule has 1 spiro atoms. The standard InChI is InChI=1S/C38H41Cl2N5O4/c1-48-32-16-23(6-7-25(32)19-45-21-38(22-45)17-33(47)43-20-38)36-35(40)29(14-15-41-36)28-4-3-5-30(34(28)39)31-13-8-24(37(44-31)49-2)18-42-26-9-11-27(46)12-10-26/h3-8,13-16,26-27,42,46H,9-12,17-22H2,1-2H3,(H,43,47). The minimum atomic E-state index is -0.184. The molecule has 0 radical (unpaired) electrons. The number of nitrogens with zero attached hydrogens (tertiary/aromatic N) is 3. The highest BCUT2D eigenvalue weighted by Gasteiger charge is 2.47. The van der Waals surface area contributed by atoms with E-state index < -0.39 is 0 Å². The Hall–Kier alpha value is -3.73. The molecule has 0 bridgehead atoms. The zero-order chi connectivity index (χ0) is 34.1. The van der Waals surface area contributed by atoms with Crippen molar-refractivity contribution in [2.24, 2.45) is 5.41 Å². The second-order valence-electron chi connectivity index (χ2n) is 13.6. The maximum absolute atomic E-state index is 11.7. The lowest BCUT2D eigenvalue weighted by Gasteiger charge is -2.47. The van der Waals surface area contributed by atoms with Gasteiger partial charge in [-0.25, -0.2) is 4.98 Å². The van der Waals surface area contributed by atoms with Crippen LogP contribution in [-0.2, 0) is 17.9 Å². The number of rotatable bonds is 10. The summed E-state index contributed by atoms with van der Waals surface area (Å²) in [5.41, 5.74) is 6.58. The highest BCUT2D eigenvalue weighted by molar-refractivity contribution is 6.39. The van der Waals surface area contributed by atoms with E-state index in [1.165, 1.54) is 0 Å². The molecule has 1 aliphatic carbocycles. The van der Waals surface area contributed by atoms with Crippen LogP contribution in [0.15, 0.2) is 60.8 Å². The number of pyridine rings is 2. The Morgan fingerprint density at radius 1 is 0.959 bits per heavy atom. The van der Waals surface area contributed by atoms with Crippen LogP contribution in [-0.4, -0.2) is 71.9 Å². The van der Waals surface area contributed by atoms with Crippen molar-refractivity contribution in [2.75, 3.05) is 33.9 Å². The van der Waals surface area contributed by atoms with E-state index in [4.69, 9.17) is 37.7 Å². The third-order valence-corrected chi connectivity index (χ3v) is 10.9. The number of ether oxygens (including phenoxy) is 2. The summed E-state index contributed by atoms with van der Waals surface area (Å²) in [6.07, 6.45) is 5.73. The van der Waals surface area contributed by atoms with Crippen molar-refractivity contribution < 1.29 is 19.4 Å². The fourth-order valence-corrected chi connectivity index (χ4v) is 8.16. The van der Waals surface area contributed by atoms with Crippen LogP contribution in [0.5, 0.6) is 11.6 Å². The Bertz CT molecular complexity index is 1860. The quantitative estimate of drug-likeness (QED) is 0.172. The van der Waals surface area contributed by atoms with Gasteiger partial charge in [0.05, 0.1) is 41.8 Å². The van der Waals surface area contributed by atoms with Gasteiger partial charge in [-0.1, -0.05) is 59.6 Å². The number of amides is 1. The smallest absolute Gasteiger partial charge is 0.220 e. The molecule has 0 atom stereocenters. The van der Waals surface area contributed by atoms with Crippen LogP contribution in [0, 0.1) is 5.41 Å². The number of likely N-dealkylation sites (tertiary alicyclic amines) is 1. The lowest BCUT2D eigenvalue weighted by molar-refractivity contribution is -0.120. The number of nitrogens with one attached hydrogen (secondary N) is 2. The second kappa shape index (κ2) is 14.2. The SMILES string of the molecule is COc1cc(-c2nccc(-c3cccc(-c4ccc(CNC5CCC(O)CC5)c(OC)n4)c3Cl)c2Cl)ccc1CN1CC2(CNC(=O)C2)C1. The molecule has 2 aromatic carbocycles. The molecular weight excluding hydrogens is 661 g/mol. The van der Waals surface area contributed by atoms with Gasteiger partial charge in [-0.05, 0) is 43.9 Å². The number of aliphatic hydroxyl groups is 1. The van der Waals surface area contributed by atoms with Gasteiger partial charge in [-0.2, -0.15) is 0 Å². The molecule has 4 aromatic rings. The molecule has 11 heteroatoms. The number of carbonyl (C=O) groups is 1. The molecule has 1 saturated carbocycles. The summed E-state index contributed by atoms with van der Waals surface area (Å²) in [4.78, 5) is 23.6. The lowest BCUT2D eigenvalue weighted by Crippen LogP contribution is -2.56. The zero-order valence-electron chi connectivity index (χ0n) is 27.8. The molecule has 49 heavy (non-hydrogen) atoms. The van der Waals surface area contributed by atoms with Crippen molar-refractivity contribution in [2.45, 2.75) is 57.3 Å². The van der Waals surface area contributed by atoms with Crippen LogP contribution >= 0.6 is 23.2 Å². The molecule has 256 valence electrons. The Kier molecular flexibility index (Phi) is 9.81. The highest BCUT2D eigenvalue weighted by atomic mass is 35.5. The van der Waals surface area contributed by atoms with Crippen molar-refractivity contribution in [3.63, 3.8) is 0 Å². The van der Waals surface area contributed by atoms with Crippen molar-refractivity contribution >= 4 is 29.1 Å². The summed E-state index contributed by atoms with van der Waals surface area (Å²) in [6.45, 7) is 3.91. The second-order valence-corrected chi connectivity index (χ2v) is 14.3. The van der Waals surface area contributed by atoms with Crippen LogP contribution in [0.2, 0.25) is 10.0 Å². The van der Waals surface area contributed by atoms with Crippen molar-refractivity contribution in [1.29, 1.82) is 0 Å². The number of halogens is 2. The molecule has 2 aliphatic heterocycles. The average molecular weight is 703 g/mol. The van der Waals surface area contributed by atoms with E-state index in [9.17, 15) is 9.90 Å². The summed E-state index contributed by atoms with van der Waals surface area (Å²) < 4.78 is 11.5. The Morgan fingerprint density at radius 3 is 2.45 bits per heavy atom. The largest absolute Gasteiger partial charge is 0.496 e. The third kappa shape index (κ3) is 7.00. The first-order chi connectivity index (χ1) is 23.8. The number of carbonyl (C=O) groups excluding carboxylic acids is 1. The van der Waals surface area contributed by atoms with Gasteiger partial charge in [0.15, 0.2) is 0 Å². The molecule has 3 fully saturated rings. The monoisotopic (exact) mass is 701 g/mol. The predicted molar refractivity (Wildman–Crippen MR) is 192 cm³/mol. The maximum atomic E-state index is 11.7. The third-order valence-electron chi connectivity index (χ3n) is 10.1. The van der Waals surface area contributed by atoms with E-state index in [0.29, 0.717) is 46.3 Å². The van der Waals surface area contributed by atoms with Gasteiger partial charge in [-0.15, -0.1) is 0 Å². The van der Waals surface area contributed by atoms with Gasteiger partial charge in [0.25, 0.3) is 0 Å². The molecule has 9 nitrogen and oxygen atoms in total. The summed E-state index contributed by atoms with van der Waals surface area (Å²) >= 11 is 14.2.